The summed E-state index contributed by atoms with van der Waals surface area (Å²) < 4.78 is 33.4. The highest BCUT2D eigenvalue weighted by atomic mass is 31.2. The molecule has 0 saturated carbocycles. The molecule has 0 amide bonds. The number of phosphoric acid groups is 1. The molecule has 0 rings (SSSR count). The minimum atomic E-state index is -4.52. The molecule has 0 aliphatic heterocycles. The van der Waals surface area contributed by atoms with E-state index in [-0.39, 0.29) is 25.6 Å². The van der Waals surface area contributed by atoms with Gasteiger partial charge in [-0.2, -0.15) is 0 Å². The first-order valence-electron chi connectivity index (χ1n) is 23.8. The van der Waals surface area contributed by atoms with Crippen LogP contribution in [0.25, 0.3) is 0 Å². The van der Waals surface area contributed by atoms with Crippen molar-refractivity contribution in [2.24, 2.45) is 0 Å². The van der Waals surface area contributed by atoms with E-state index in [2.05, 4.69) is 38.2 Å². The Morgan fingerprint density at radius 3 is 1.35 bits per heavy atom. The van der Waals surface area contributed by atoms with Crippen molar-refractivity contribution in [1.82, 2.24) is 0 Å². The summed E-state index contributed by atoms with van der Waals surface area (Å²) in [5.74, 6) is -0.383. The predicted octanol–water partition coefficient (Wildman–Crippen LogP) is 13.4. The minimum Gasteiger partial charge on any atom is -0.457 e. The molecule has 0 aromatic rings. The summed E-state index contributed by atoms with van der Waals surface area (Å²) in [5, 5.41) is 18.4. The first-order valence-corrected chi connectivity index (χ1v) is 25.3. The highest BCUT2D eigenvalue weighted by Gasteiger charge is 2.26. The van der Waals surface area contributed by atoms with E-state index in [1.807, 2.05) is 0 Å². The van der Waals surface area contributed by atoms with Gasteiger partial charge in [0, 0.05) is 13.0 Å². The second kappa shape index (κ2) is 44.5. The van der Waals surface area contributed by atoms with Crippen molar-refractivity contribution in [3.05, 3.63) is 24.3 Å². The third-order valence-electron chi connectivity index (χ3n) is 10.4. The standard InChI is InChI=1S/C47H91O9P/c1-3-5-7-9-11-13-15-17-18-19-20-21-22-23-24-25-26-27-29-31-33-35-37-39-47(50)56-46(44-55-57(51,52)54-42-45(49)41-48)43-53-40-38-36-34-32-30-28-16-14-12-10-8-6-4-2/h12,14,19-20,45-46,48-49H,3-11,13,15-18,21-44H2,1-2H3,(H,51,52)/b14-12-,20-19-. The van der Waals surface area contributed by atoms with Crippen LogP contribution in [0.1, 0.15) is 226 Å². The zero-order chi connectivity index (χ0) is 41.8. The molecule has 0 aliphatic rings. The van der Waals surface area contributed by atoms with Crippen LogP contribution in [-0.4, -0.2) is 66.3 Å². The number of aliphatic hydroxyl groups is 2. The van der Waals surface area contributed by atoms with Crippen LogP contribution in [0.2, 0.25) is 0 Å². The fraction of sp³-hybridized carbons (Fsp3) is 0.894. The summed E-state index contributed by atoms with van der Waals surface area (Å²) in [6, 6.07) is 0. The van der Waals surface area contributed by atoms with Crippen LogP contribution in [0.15, 0.2) is 24.3 Å². The largest absolute Gasteiger partial charge is 0.472 e. The van der Waals surface area contributed by atoms with Crippen LogP contribution in [0.4, 0.5) is 0 Å². The van der Waals surface area contributed by atoms with E-state index in [4.69, 9.17) is 23.6 Å². The molecule has 0 fully saturated rings. The van der Waals surface area contributed by atoms with Gasteiger partial charge in [-0.05, 0) is 64.2 Å². The Hall–Kier alpha value is -1.06. The zero-order valence-corrected chi connectivity index (χ0v) is 38.0. The Kier molecular flexibility index (Phi) is 43.7. The van der Waals surface area contributed by atoms with Gasteiger partial charge in [-0.3, -0.25) is 13.8 Å². The Morgan fingerprint density at radius 1 is 0.526 bits per heavy atom. The number of carbonyl (C=O) groups is 1. The number of hydrogen-bond donors (Lipinski definition) is 3. The zero-order valence-electron chi connectivity index (χ0n) is 37.1. The Labute approximate surface area is 351 Å². The maximum atomic E-state index is 12.6. The van der Waals surface area contributed by atoms with Crippen molar-refractivity contribution in [1.29, 1.82) is 0 Å². The number of aliphatic hydroxyl groups excluding tert-OH is 2. The van der Waals surface area contributed by atoms with E-state index in [0.29, 0.717) is 6.61 Å². The van der Waals surface area contributed by atoms with E-state index in [1.165, 1.54) is 161 Å². The number of unbranched alkanes of at least 4 members (excludes halogenated alkanes) is 28. The average molecular weight is 831 g/mol. The molecule has 3 N–H and O–H groups in total. The summed E-state index contributed by atoms with van der Waals surface area (Å²) in [6.07, 6.45) is 47.1. The van der Waals surface area contributed by atoms with Gasteiger partial charge in [0.05, 0.1) is 26.4 Å². The maximum absolute atomic E-state index is 12.6. The fourth-order valence-electron chi connectivity index (χ4n) is 6.70. The quantitative estimate of drug-likeness (QED) is 0.0237. The molecule has 9 nitrogen and oxygen atoms in total. The number of carbonyl (C=O) groups excluding carboxylic acids is 1. The monoisotopic (exact) mass is 831 g/mol. The molecule has 10 heteroatoms. The molecule has 0 aromatic carbocycles. The summed E-state index contributed by atoms with van der Waals surface area (Å²) in [6.45, 7) is 3.51. The van der Waals surface area contributed by atoms with Gasteiger partial charge in [-0.1, -0.05) is 179 Å². The SMILES string of the molecule is CCCCC/C=C\CCCCCCCCOCC(COP(=O)(O)OCC(O)CO)OC(=O)CCCCCCCCCCCCC/C=C\CCCCCCCCCC. The molecule has 0 spiro atoms. The van der Waals surface area contributed by atoms with Crippen molar-refractivity contribution in [2.75, 3.05) is 33.0 Å². The number of hydrogen-bond acceptors (Lipinski definition) is 8. The van der Waals surface area contributed by atoms with E-state index in [1.54, 1.807) is 0 Å². The Balaban J connectivity index is 4.04. The molecular formula is C47H91O9P. The van der Waals surface area contributed by atoms with Gasteiger partial charge in [-0.15, -0.1) is 0 Å². The third-order valence-corrected chi connectivity index (χ3v) is 11.3. The maximum Gasteiger partial charge on any atom is 0.472 e. The number of allylic oxidation sites excluding steroid dienone is 4. The summed E-state index contributed by atoms with van der Waals surface area (Å²) in [7, 11) is -4.52. The molecule has 0 aliphatic carbocycles. The predicted molar refractivity (Wildman–Crippen MR) is 238 cm³/mol. The molecule has 0 saturated heterocycles. The van der Waals surface area contributed by atoms with Gasteiger partial charge < -0.3 is 24.6 Å². The van der Waals surface area contributed by atoms with Crippen LogP contribution in [0, 0.1) is 0 Å². The molecule has 3 atom stereocenters. The minimum absolute atomic E-state index is 0.0477. The lowest BCUT2D eigenvalue weighted by molar-refractivity contribution is -0.154. The van der Waals surface area contributed by atoms with E-state index >= 15 is 0 Å². The lowest BCUT2D eigenvalue weighted by atomic mass is 10.0. The van der Waals surface area contributed by atoms with Crippen molar-refractivity contribution in [3.63, 3.8) is 0 Å². The first-order chi connectivity index (χ1) is 27.8. The van der Waals surface area contributed by atoms with E-state index in [9.17, 15) is 19.4 Å². The van der Waals surface area contributed by atoms with Gasteiger partial charge >= 0.3 is 13.8 Å². The molecule has 0 bridgehead atoms. The normalized spacial score (nSPS) is 14.1. The molecular weight excluding hydrogens is 739 g/mol. The first kappa shape index (κ1) is 55.9. The summed E-state index contributed by atoms with van der Waals surface area (Å²) >= 11 is 0. The molecule has 57 heavy (non-hydrogen) atoms. The van der Waals surface area contributed by atoms with Gasteiger partial charge in [0.25, 0.3) is 0 Å². The van der Waals surface area contributed by atoms with Crippen LogP contribution in [-0.2, 0) is 27.9 Å². The second-order valence-electron chi connectivity index (χ2n) is 16.1. The van der Waals surface area contributed by atoms with Crippen LogP contribution >= 0.6 is 7.82 Å². The average Bonchev–Trinajstić information content (AvgIpc) is 3.20. The van der Waals surface area contributed by atoms with Crippen molar-refractivity contribution < 1.29 is 43.0 Å². The van der Waals surface area contributed by atoms with Gasteiger partial charge in [-0.25, -0.2) is 4.57 Å². The molecule has 0 radical (unpaired) electrons. The molecule has 0 aromatic heterocycles. The smallest absolute Gasteiger partial charge is 0.457 e. The Bertz CT molecular complexity index is 944. The van der Waals surface area contributed by atoms with Crippen LogP contribution in [0.5, 0.6) is 0 Å². The topological polar surface area (TPSA) is 132 Å². The molecule has 3 unspecified atom stereocenters. The van der Waals surface area contributed by atoms with Crippen LogP contribution in [0.3, 0.4) is 0 Å². The number of phosphoric ester groups is 1. The highest BCUT2D eigenvalue weighted by Crippen LogP contribution is 2.43. The summed E-state index contributed by atoms with van der Waals surface area (Å²) in [4.78, 5) is 22.6. The van der Waals surface area contributed by atoms with Gasteiger partial charge in [0.2, 0.25) is 0 Å². The van der Waals surface area contributed by atoms with Crippen molar-refractivity contribution >= 4 is 13.8 Å². The van der Waals surface area contributed by atoms with Crippen molar-refractivity contribution in [3.8, 4) is 0 Å². The van der Waals surface area contributed by atoms with Crippen molar-refractivity contribution in [2.45, 2.75) is 238 Å². The van der Waals surface area contributed by atoms with Gasteiger partial charge in [0.15, 0.2) is 0 Å². The number of rotatable bonds is 46. The molecule has 0 heterocycles. The summed E-state index contributed by atoms with van der Waals surface area (Å²) in [5.41, 5.74) is 0. The third kappa shape index (κ3) is 44.3. The van der Waals surface area contributed by atoms with E-state index < -0.39 is 33.2 Å². The second-order valence-corrected chi connectivity index (χ2v) is 17.6. The lowest BCUT2D eigenvalue weighted by Gasteiger charge is -2.20. The fourth-order valence-corrected chi connectivity index (χ4v) is 7.49. The van der Waals surface area contributed by atoms with Crippen LogP contribution < -0.4 is 0 Å². The van der Waals surface area contributed by atoms with E-state index in [0.717, 1.165) is 44.9 Å². The number of esters is 1. The van der Waals surface area contributed by atoms with Gasteiger partial charge in [0.1, 0.15) is 12.2 Å². The lowest BCUT2D eigenvalue weighted by Crippen LogP contribution is -2.29. The molecule has 338 valence electrons. The highest BCUT2D eigenvalue weighted by molar-refractivity contribution is 7.47. The number of ether oxygens (including phenoxy) is 2. The Morgan fingerprint density at radius 2 is 0.895 bits per heavy atom.